The van der Waals surface area contributed by atoms with Crippen molar-refractivity contribution in [3.05, 3.63) is 0 Å². The van der Waals surface area contributed by atoms with E-state index in [-0.39, 0.29) is 11.6 Å². The van der Waals surface area contributed by atoms with Crippen molar-refractivity contribution in [3.63, 3.8) is 0 Å². The Morgan fingerprint density at radius 2 is 2.08 bits per heavy atom. The standard InChI is InChI=1S/C9H18N2OS/c1-5-13(12)7-8(6-10)11-9(2,3)4/h8,11H,5,7H2,1-4H3. The van der Waals surface area contributed by atoms with E-state index >= 15 is 0 Å². The summed E-state index contributed by atoms with van der Waals surface area (Å²) in [5, 5.41) is 11.9. The molecule has 2 unspecified atom stereocenters. The molecule has 0 bridgehead atoms. The Balaban J connectivity index is 4.07. The molecule has 1 N–H and O–H groups in total. The van der Waals surface area contributed by atoms with Gasteiger partial charge in [-0.2, -0.15) is 5.26 Å². The number of nitriles is 1. The minimum atomic E-state index is -0.877. The summed E-state index contributed by atoms with van der Waals surface area (Å²) in [6, 6.07) is 1.81. The second-order valence-electron chi connectivity index (χ2n) is 3.97. The van der Waals surface area contributed by atoms with Crippen molar-refractivity contribution in [2.24, 2.45) is 0 Å². The fourth-order valence-corrected chi connectivity index (χ4v) is 1.70. The average Bonchev–Trinajstić information content (AvgIpc) is 2.00. The van der Waals surface area contributed by atoms with Crippen LogP contribution in [0.1, 0.15) is 27.7 Å². The summed E-state index contributed by atoms with van der Waals surface area (Å²) in [5.74, 6) is 1.04. The molecule has 0 aromatic rings. The molecule has 0 aromatic heterocycles. The van der Waals surface area contributed by atoms with Crippen LogP contribution in [0.2, 0.25) is 0 Å². The summed E-state index contributed by atoms with van der Waals surface area (Å²) < 4.78 is 11.2. The molecule has 76 valence electrons. The van der Waals surface area contributed by atoms with E-state index in [1.807, 2.05) is 27.7 Å². The van der Waals surface area contributed by atoms with Gasteiger partial charge in [0, 0.05) is 22.1 Å². The summed E-state index contributed by atoms with van der Waals surface area (Å²) in [5.41, 5.74) is -0.0989. The summed E-state index contributed by atoms with van der Waals surface area (Å²) in [4.78, 5) is 0. The smallest absolute Gasteiger partial charge is 0.107 e. The molecule has 0 rings (SSSR count). The van der Waals surface area contributed by atoms with Crippen LogP contribution in [0, 0.1) is 11.3 Å². The molecule has 0 aromatic carbocycles. The lowest BCUT2D eigenvalue weighted by Crippen LogP contribution is -2.45. The molecule has 4 heteroatoms. The number of hydrogen-bond acceptors (Lipinski definition) is 3. The predicted molar refractivity (Wildman–Crippen MR) is 55.8 cm³/mol. The Bertz CT molecular complexity index is 215. The maximum atomic E-state index is 11.2. The Hall–Kier alpha value is -0.400. The van der Waals surface area contributed by atoms with Crippen LogP contribution in [0.25, 0.3) is 0 Å². The Kier molecular flexibility index (Phi) is 5.19. The zero-order valence-electron chi connectivity index (χ0n) is 8.76. The van der Waals surface area contributed by atoms with Gasteiger partial charge in [0.2, 0.25) is 0 Å². The second kappa shape index (κ2) is 5.36. The Labute approximate surface area is 83.0 Å². The normalized spacial score (nSPS) is 16.2. The van der Waals surface area contributed by atoms with E-state index < -0.39 is 10.8 Å². The van der Waals surface area contributed by atoms with E-state index in [0.717, 1.165) is 0 Å². The van der Waals surface area contributed by atoms with Crippen molar-refractivity contribution in [2.45, 2.75) is 39.3 Å². The first-order chi connectivity index (χ1) is 5.89. The molecule has 0 fully saturated rings. The van der Waals surface area contributed by atoms with Gasteiger partial charge in [0.15, 0.2) is 0 Å². The molecule has 2 atom stereocenters. The fraction of sp³-hybridized carbons (Fsp3) is 0.889. The zero-order valence-corrected chi connectivity index (χ0v) is 9.57. The fourth-order valence-electron chi connectivity index (χ4n) is 0.938. The molecule has 0 saturated heterocycles. The van der Waals surface area contributed by atoms with E-state index in [1.54, 1.807) is 0 Å². The second-order valence-corrected chi connectivity index (χ2v) is 5.76. The molecular weight excluding hydrogens is 184 g/mol. The molecule has 0 heterocycles. The minimum absolute atomic E-state index is 0.0989. The van der Waals surface area contributed by atoms with Crippen LogP contribution in [0.5, 0.6) is 0 Å². The van der Waals surface area contributed by atoms with Crippen LogP contribution in [-0.2, 0) is 10.8 Å². The van der Waals surface area contributed by atoms with Gasteiger partial charge in [-0.15, -0.1) is 0 Å². The average molecular weight is 202 g/mol. The first-order valence-corrected chi connectivity index (χ1v) is 5.90. The van der Waals surface area contributed by atoms with E-state index in [4.69, 9.17) is 5.26 Å². The topological polar surface area (TPSA) is 52.9 Å². The highest BCUT2D eigenvalue weighted by atomic mass is 32.2. The van der Waals surface area contributed by atoms with Crippen LogP contribution in [0.15, 0.2) is 0 Å². The van der Waals surface area contributed by atoms with Crippen molar-refractivity contribution >= 4 is 10.8 Å². The lowest BCUT2D eigenvalue weighted by atomic mass is 10.1. The van der Waals surface area contributed by atoms with Crippen molar-refractivity contribution in [2.75, 3.05) is 11.5 Å². The zero-order chi connectivity index (χ0) is 10.5. The highest BCUT2D eigenvalue weighted by Crippen LogP contribution is 2.01. The molecule has 13 heavy (non-hydrogen) atoms. The highest BCUT2D eigenvalue weighted by molar-refractivity contribution is 7.85. The molecule has 0 spiro atoms. The quantitative estimate of drug-likeness (QED) is 0.741. The molecule has 0 aliphatic heterocycles. The SMILES string of the molecule is CCS(=O)CC(C#N)NC(C)(C)C. The number of hydrogen-bond donors (Lipinski definition) is 1. The molecular formula is C9H18N2OS. The Morgan fingerprint density at radius 1 is 1.54 bits per heavy atom. The summed E-state index contributed by atoms with van der Waals surface area (Å²) >= 11 is 0. The van der Waals surface area contributed by atoms with Crippen LogP contribution < -0.4 is 5.32 Å². The summed E-state index contributed by atoms with van der Waals surface area (Å²) in [7, 11) is -0.877. The molecule has 0 aliphatic carbocycles. The highest BCUT2D eigenvalue weighted by Gasteiger charge is 2.18. The van der Waals surface area contributed by atoms with Gasteiger partial charge >= 0.3 is 0 Å². The van der Waals surface area contributed by atoms with E-state index in [1.165, 1.54) is 0 Å². The number of nitrogens with zero attached hydrogens (tertiary/aromatic N) is 1. The van der Waals surface area contributed by atoms with Crippen LogP contribution in [-0.4, -0.2) is 27.3 Å². The monoisotopic (exact) mass is 202 g/mol. The minimum Gasteiger partial charge on any atom is -0.296 e. The third-order valence-corrected chi connectivity index (χ3v) is 2.79. The van der Waals surface area contributed by atoms with Gasteiger partial charge in [0.05, 0.1) is 11.8 Å². The van der Waals surface area contributed by atoms with Crippen molar-refractivity contribution in [1.29, 1.82) is 5.26 Å². The van der Waals surface area contributed by atoms with Gasteiger partial charge < -0.3 is 0 Å². The molecule has 3 nitrogen and oxygen atoms in total. The van der Waals surface area contributed by atoms with Gasteiger partial charge in [0.25, 0.3) is 0 Å². The molecule has 0 amide bonds. The maximum absolute atomic E-state index is 11.2. The summed E-state index contributed by atoms with van der Waals surface area (Å²) in [6.07, 6.45) is 0. The summed E-state index contributed by atoms with van der Waals surface area (Å²) in [6.45, 7) is 7.84. The first-order valence-electron chi connectivity index (χ1n) is 4.41. The Morgan fingerprint density at radius 3 is 2.38 bits per heavy atom. The molecule has 0 radical (unpaired) electrons. The van der Waals surface area contributed by atoms with Gasteiger partial charge in [-0.1, -0.05) is 6.92 Å². The molecule has 0 aliphatic rings. The van der Waals surface area contributed by atoms with Crippen molar-refractivity contribution < 1.29 is 4.21 Å². The van der Waals surface area contributed by atoms with Gasteiger partial charge in [-0.25, -0.2) is 0 Å². The predicted octanol–water partition coefficient (Wildman–Crippen LogP) is 1.04. The number of rotatable bonds is 4. The largest absolute Gasteiger partial charge is 0.296 e. The lowest BCUT2D eigenvalue weighted by molar-refractivity contribution is 0.409. The first kappa shape index (κ1) is 12.6. The van der Waals surface area contributed by atoms with Gasteiger partial charge in [0.1, 0.15) is 6.04 Å². The lowest BCUT2D eigenvalue weighted by Gasteiger charge is -2.23. The van der Waals surface area contributed by atoms with E-state index in [2.05, 4.69) is 11.4 Å². The van der Waals surface area contributed by atoms with Crippen LogP contribution in [0.4, 0.5) is 0 Å². The molecule has 0 saturated carbocycles. The maximum Gasteiger partial charge on any atom is 0.107 e. The van der Waals surface area contributed by atoms with Crippen molar-refractivity contribution in [3.8, 4) is 6.07 Å². The van der Waals surface area contributed by atoms with Crippen molar-refractivity contribution in [1.82, 2.24) is 5.32 Å². The van der Waals surface area contributed by atoms with E-state index in [9.17, 15) is 4.21 Å². The van der Waals surface area contributed by atoms with Gasteiger partial charge in [-0.3, -0.25) is 9.53 Å². The third-order valence-electron chi connectivity index (χ3n) is 1.44. The van der Waals surface area contributed by atoms with Crippen LogP contribution >= 0.6 is 0 Å². The van der Waals surface area contributed by atoms with E-state index in [0.29, 0.717) is 11.5 Å². The number of nitrogens with one attached hydrogen (secondary N) is 1. The third kappa shape index (κ3) is 6.73. The van der Waals surface area contributed by atoms with Crippen LogP contribution in [0.3, 0.4) is 0 Å². The van der Waals surface area contributed by atoms with Gasteiger partial charge in [-0.05, 0) is 20.8 Å².